The van der Waals surface area contributed by atoms with Crippen molar-refractivity contribution in [2.75, 3.05) is 23.3 Å². The number of amides is 1. The Labute approximate surface area is 164 Å². The summed E-state index contributed by atoms with van der Waals surface area (Å²) in [5.74, 6) is -0.139. The lowest BCUT2D eigenvalue weighted by Crippen LogP contribution is -2.18. The summed E-state index contributed by atoms with van der Waals surface area (Å²) in [6, 6.07) is 23.5. The highest BCUT2D eigenvalue weighted by atomic mass is 35.5. The first-order chi connectivity index (χ1) is 13.2. The second-order valence-corrected chi connectivity index (χ2v) is 7.17. The molecule has 0 saturated carbocycles. The van der Waals surface area contributed by atoms with Crippen LogP contribution < -0.4 is 10.2 Å². The minimum atomic E-state index is -0.139. The molecule has 27 heavy (non-hydrogen) atoms. The maximum Gasteiger partial charge on any atom is 0.255 e. The molecule has 3 nitrogen and oxygen atoms in total. The molecule has 1 aliphatic heterocycles. The van der Waals surface area contributed by atoms with Gasteiger partial charge in [0.1, 0.15) is 0 Å². The molecule has 1 aliphatic rings. The van der Waals surface area contributed by atoms with Crippen LogP contribution in [0.2, 0.25) is 5.02 Å². The second-order valence-electron chi connectivity index (χ2n) is 6.76. The third kappa shape index (κ3) is 3.99. The van der Waals surface area contributed by atoms with Crippen molar-refractivity contribution in [1.82, 2.24) is 0 Å². The number of carbonyl (C=O) groups is 1. The number of rotatable bonds is 4. The van der Waals surface area contributed by atoms with Crippen LogP contribution in [-0.2, 0) is 0 Å². The van der Waals surface area contributed by atoms with Gasteiger partial charge < -0.3 is 10.2 Å². The van der Waals surface area contributed by atoms with Crippen LogP contribution in [0.15, 0.2) is 72.8 Å². The third-order valence-electron chi connectivity index (χ3n) is 4.91. The second kappa shape index (κ2) is 7.85. The predicted octanol–water partition coefficient (Wildman–Crippen LogP) is 5.86. The molecule has 1 saturated heterocycles. The Morgan fingerprint density at radius 3 is 2.19 bits per heavy atom. The molecular formula is C23H21ClN2O. The van der Waals surface area contributed by atoms with Gasteiger partial charge in [0.05, 0.1) is 10.7 Å². The first-order valence-electron chi connectivity index (χ1n) is 9.22. The molecule has 1 amide bonds. The van der Waals surface area contributed by atoms with Gasteiger partial charge in [-0.25, -0.2) is 0 Å². The number of anilines is 2. The van der Waals surface area contributed by atoms with E-state index in [1.165, 1.54) is 12.8 Å². The maximum atomic E-state index is 12.5. The zero-order valence-electron chi connectivity index (χ0n) is 15.0. The van der Waals surface area contributed by atoms with Crippen LogP contribution >= 0.6 is 11.6 Å². The van der Waals surface area contributed by atoms with Gasteiger partial charge in [0.2, 0.25) is 0 Å². The summed E-state index contributed by atoms with van der Waals surface area (Å²) in [6.07, 6.45) is 2.40. The Morgan fingerprint density at radius 2 is 1.52 bits per heavy atom. The zero-order valence-corrected chi connectivity index (χ0v) is 15.7. The number of nitrogens with one attached hydrogen (secondary N) is 1. The summed E-state index contributed by atoms with van der Waals surface area (Å²) >= 11 is 6.43. The summed E-state index contributed by atoms with van der Waals surface area (Å²) in [6.45, 7) is 2.08. The van der Waals surface area contributed by atoms with Crippen LogP contribution in [0, 0.1) is 0 Å². The fourth-order valence-electron chi connectivity index (χ4n) is 3.45. The van der Waals surface area contributed by atoms with Gasteiger partial charge in [-0.2, -0.15) is 0 Å². The van der Waals surface area contributed by atoms with E-state index in [2.05, 4.69) is 22.3 Å². The molecule has 1 fully saturated rings. The molecule has 0 atom stereocenters. The molecule has 0 aliphatic carbocycles. The predicted molar refractivity (Wildman–Crippen MR) is 113 cm³/mol. The number of halogens is 1. The minimum absolute atomic E-state index is 0.139. The lowest BCUT2D eigenvalue weighted by atomic mass is 10.0. The molecule has 0 aromatic heterocycles. The standard InChI is InChI=1S/C23H21ClN2O/c24-21-16-20(12-13-22(21)26-14-4-5-15-26)25-23(27)19-10-8-18(9-11-19)17-6-2-1-3-7-17/h1-3,6-13,16H,4-5,14-15H2,(H,25,27). The largest absolute Gasteiger partial charge is 0.370 e. The van der Waals surface area contributed by atoms with Gasteiger partial charge >= 0.3 is 0 Å². The lowest BCUT2D eigenvalue weighted by Gasteiger charge is -2.19. The molecule has 136 valence electrons. The Bertz CT molecular complexity index is 932. The number of carbonyl (C=O) groups excluding carboxylic acids is 1. The topological polar surface area (TPSA) is 32.3 Å². The average molecular weight is 377 g/mol. The summed E-state index contributed by atoms with van der Waals surface area (Å²) in [5.41, 5.74) is 4.59. The van der Waals surface area contributed by atoms with E-state index in [4.69, 9.17) is 11.6 Å². The normalized spacial score (nSPS) is 13.6. The van der Waals surface area contributed by atoms with Gasteiger partial charge in [0.25, 0.3) is 5.91 Å². The molecule has 4 rings (SSSR count). The summed E-state index contributed by atoms with van der Waals surface area (Å²) < 4.78 is 0. The molecule has 1 heterocycles. The van der Waals surface area contributed by atoms with Crippen LogP contribution in [0.25, 0.3) is 11.1 Å². The molecule has 3 aromatic rings. The van der Waals surface area contributed by atoms with Crippen LogP contribution in [-0.4, -0.2) is 19.0 Å². The van der Waals surface area contributed by atoms with Crippen molar-refractivity contribution in [2.45, 2.75) is 12.8 Å². The molecular weight excluding hydrogens is 356 g/mol. The Morgan fingerprint density at radius 1 is 0.852 bits per heavy atom. The van der Waals surface area contributed by atoms with E-state index in [9.17, 15) is 4.79 Å². The first-order valence-corrected chi connectivity index (χ1v) is 9.60. The molecule has 0 radical (unpaired) electrons. The van der Waals surface area contributed by atoms with E-state index in [1.807, 2.05) is 60.7 Å². The highest BCUT2D eigenvalue weighted by Crippen LogP contribution is 2.31. The smallest absolute Gasteiger partial charge is 0.255 e. The van der Waals surface area contributed by atoms with Crippen LogP contribution in [0.3, 0.4) is 0 Å². The van der Waals surface area contributed by atoms with Gasteiger partial charge in [0.15, 0.2) is 0 Å². The van der Waals surface area contributed by atoms with Crippen molar-refractivity contribution in [3.63, 3.8) is 0 Å². The van der Waals surface area contributed by atoms with Crippen LogP contribution in [0.4, 0.5) is 11.4 Å². The third-order valence-corrected chi connectivity index (χ3v) is 5.21. The van der Waals surface area contributed by atoms with Crippen molar-refractivity contribution >= 4 is 28.9 Å². The van der Waals surface area contributed by atoms with Gasteiger partial charge in [-0.05, 0) is 54.3 Å². The van der Waals surface area contributed by atoms with E-state index in [-0.39, 0.29) is 5.91 Å². The monoisotopic (exact) mass is 376 g/mol. The fourth-order valence-corrected chi connectivity index (χ4v) is 3.75. The molecule has 0 unspecified atom stereocenters. The highest BCUT2D eigenvalue weighted by Gasteiger charge is 2.16. The summed E-state index contributed by atoms with van der Waals surface area (Å²) in [7, 11) is 0. The van der Waals surface area contributed by atoms with Crippen LogP contribution in [0.1, 0.15) is 23.2 Å². The number of hydrogen-bond donors (Lipinski definition) is 1. The zero-order chi connectivity index (χ0) is 18.6. The molecule has 0 spiro atoms. The molecule has 0 bridgehead atoms. The minimum Gasteiger partial charge on any atom is -0.370 e. The number of hydrogen-bond acceptors (Lipinski definition) is 2. The summed E-state index contributed by atoms with van der Waals surface area (Å²) in [5, 5.41) is 3.61. The molecule has 1 N–H and O–H groups in total. The van der Waals surface area contributed by atoms with Crippen molar-refractivity contribution in [3.05, 3.63) is 83.4 Å². The van der Waals surface area contributed by atoms with E-state index in [0.717, 1.165) is 29.9 Å². The van der Waals surface area contributed by atoms with Crippen molar-refractivity contribution < 1.29 is 4.79 Å². The fraction of sp³-hybridized carbons (Fsp3) is 0.174. The van der Waals surface area contributed by atoms with Gasteiger partial charge in [-0.15, -0.1) is 0 Å². The van der Waals surface area contributed by atoms with E-state index in [1.54, 1.807) is 0 Å². The van der Waals surface area contributed by atoms with Crippen molar-refractivity contribution in [1.29, 1.82) is 0 Å². The maximum absolute atomic E-state index is 12.5. The Kier molecular flexibility index (Phi) is 5.12. The van der Waals surface area contributed by atoms with Gasteiger partial charge in [0, 0.05) is 24.3 Å². The van der Waals surface area contributed by atoms with E-state index < -0.39 is 0 Å². The van der Waals surface area contributed by atoms with Crippen LogP contribution in [0.5, 0.6) is 0 Å². The lowest BCUT2D eigenvalue weighted by molar-refractivity contribution is 0.102. The van der Waals surface area contributed by atoms with Gasteiger partial charge in [-0.3, -0.25) is 4.79 Å². The van der Waals surface area contributed by atoms with E-state index >= 15 is 0 Å². The first kappa shape index (κ1) is 17.6. The Hall–Kier alpha value is -2.78. The quantitative estimate of drug-likeness (QED) is 0.618. The average Bonchev–Trinajstić information content (AvgIpc) is 3.23. The van der Waals surface area contributed by atoms with Crippen molar-refractivity contribution in [2.24, 2.45) is 0 Å². The Balaban J connectivity index is 1.46. The molecule has 3 aromatic carbocycles. The molecule has 4 heteroatoms. The van der Waals surface area contributed by atoms with Crippen molar-refractivity contribution in [3.8, 4) is 11.1 Å². The highest BCUT2D eigenvalue weighted by molar-refractivity contribution is 6.33. The number of benzene rings is 3. The van der Waals surface area contributed by atoms with E-state index in [0.29, 0.717) is 16.3 Å². The SMILES string of the molecule is O=C(Nc1ccc(N2CCCC2)c(Cl)c1)c1ccc(-c2ccccc2)cc1. The van der Waals surface area contributed by atoms with Gasteiger partial charge in [-0.1, -0.05) is 54.1 Å². The summed E-state index contributed by atoms with van der Waals surface area (Å²) in [4.78, 5) is 14.8. The number of nitrogens with zero attached hydrogens (tertiary/aromatic N) is 1.